The van der Waals surface area contributed by atoms with Crippen LogP contribution in [0.2, 0.25) is 0 Å². The highest BCUT2D eigenvalue weighted by atomic mass is 16.3. The van der Waals surface area contributed by atoms with Crippen LogP contribution in [-0.4, -0.2) is 46.1 Å². The molecule has 3 atom stereocenters. The van der Waals surface area contributed by atoms with Crippen molar-refractivity contribution in [3.8, 4) is 0 Å². The quantitative estimate of drug-likeness (QED) is 0.0556. The number of carbonyl (C=O) groups excluding carboxylic acids is 1. The first kappa shape index (κ1) is 41.4. The molecule has 42 heavy (non-hydrogen) atoms. The Labute approximate surface area is 262 Å². The molecule has 0 aliphatic rings. The Morgan fingerprint density at radius 3 is 1.07 bits per heavy atom. The fourth-order valence-corrected chi connectivity index (χ4v) is 5.95. The maximum absolute atomic E-state index is 12.4. The smallest absolute Gasteiger partial charge is 0.249 e. The predicted octanol–water partition coefficient (Wildman–Crippen LogP) is 9.93. The van der Waals surface area contributed by atoms with Crippen molar-refractivity contribution in [1.29, 1.82) is 0 Å². The van der Waals surface area contributed by atoms with Gasteiger partial charge in [-0.15, -0.1) is 0 Å². The molecule has 0 bridgehead atoms. The zero-order valence-electron chi connectivity index (χ0n) is 28.4. The zero-order chi connectivity index (χ0) is 30.9. The van der Waals surface area contributed by atoms with Gasteiger partial charge in [0.2, 0.25) is 5.91 Å². The number of carbonyl (C=O) groups is 1. The molecular formula is C37H75NO4. The molecular weight excluding hydrogens is 522 g/mol. The molecule has 0 aromatic heterocycles. The maximum atomic E-state index is 12.4. The van der Waals surface area contributed by atoms with E-state index in [0.717, 1.165) is 32.1 Å². The Bertz CT molecular complexity index is 544. The first-order valence-corrected chi connectivity index (χ1v) is 18.8. The zero-order valence-corrected chi connectivity index (χ0v) is 28.4. The lowest BCUT2D eigenvalue weighted by molar-refractivity contribution is -0.131. The largest absolute Gasteiger partial charge is 0.394 e. The summed E-state index contributed by atoms with van der Waals surface area (Å²) in [7, 11) is 0. The van der Waals surface area contributed by atoms with Gasteiger partial charge >= 0.3 is 0 Å². The van der Waals surface area contributed by atoms with Gasteiger partial charge in [-0.2, -0.15) is 0 Å². The molecule has 0 radical (unpaired) electrons. The van der Waals surface area contributed by atoms with Crippen LogP contribution in [0.5, 0.6) is 0 Å². The minimum atomic E-state index is -1.07. The van der Waals surface area contributed by atoms with E-state index < -0.39 is 24.2 Å². The molecule has 3 unspecified atom stereocenters. The average molecular weight is 598 g/mol. The van der Waals surface area contributed by atoms with Gasteiger partial charge < -0.3 is 20.6 Å². The Balaban J connectivity index is 3.64. The van der Waals surface area contributed by atoms with E-state index in [0.29, 0.717) is 12.8 Å². The summed E-state index contributed by atoms with van der Waals surface area (Å²) in [4.78, 5) is 12.4. The fourth-order valence-electron chi connectivity index (χ4n) is 5.95. The van der Waals surface area contributed by atoms with Gasteiger partial charge in [-0.25, -0.2) is 0 Å². The summed E-state index contributed by atoms with van der Waals surface area (Å²) in [5.41, 5.74) is 0. The van der Waals surface area contributed by atoms with Crippen LogP contribution in [-0.2, 0) is 4.79 Å². The molecule has 4 N–H and O–H groups in total. The van der Waals surface area contributed by atoms with E-state index in [1.165, 1.54) is 148 Å². The van der Waals surface area contributed by atoms with Crippen molar-refractivity contribution in [2.45, 2.75) is 225 Å². The van der Waals surface area contributed by atoms with Crippen LogP contribution in [0.15, 0.2) is 0 Å². The van der Waals surface area contributed by atoms with Crippen molar-refractivity contribution in [2.24, 2.45) is 0 Å². The standard InChI is InChI=1S/C37H75NO4/c1-3-5-7-9-11-13-15-17-18-19-20-22-24-26-28-30-32-36(41)37(42)38-34(33-39)35(40)31-29-27-25-23-21-16-14-12-10-8-6-4-2/h34-36,39-41H,3-33H2,1-2H3,(H,38,42). The Kier molecular flexibility index (Phi) is 32.7. The highest BCUT2D eigenvalue weighted by Crippen LogP contribution is 2.16. The average Bonchev–Trinajstić information content (AvgIpc) is 2.99. The van der Waals surface area contributed by atoms with Gasteiger partial charge in [0.25, 0.3) is 0 Å². The van der Waals surface area contributed by atoms with Gasteiger partial charge in [-0.1, -0.05) is 194 Å². The van der Waals surface area contributed by atoms with Crippen LogP contribution in [0, 0.1) is 0 Å². The lowest BCUT2D eigenvalue weighted by Crippen LogP contribution is -2.49. The number of hydrogen-bond donors (Lipinski definition) is 4. The third-order valence-electron chi connectivity index (χ3n) is 8.98. The van der Waals surface area contributed by atoms with Gasteiger partial charge in [-0.3, -0.25) is 4.79 Å². The Morgan fingerprint density at radius 1 is 0.476 bits per heavy atom. The van der Waals surface area contributed by atoms with Crippen molar-refractivity contribution in [3.63, 3.8) is 0 Å². The number of aliphatic hydroxyl groups excluding tert-OH is 3. The maximum Gasteiger partial charge on any atom is 0.249 e. The lowest BCUT2D eigenvalue weighted by Gasteiger charge is -2.23. The minimum absolute atomic E-state index is 0.309. The number of aliphatic hydroxyl groups is 3. The summed E-state index contributed by atoms with van der Waals surface area (Å²) in [6.45, 7) is 4.22. The molecule has 0 aromatic carbocycles. The molecule has 0 spiro atoms. The van der Waals surface area contributed by atoms with Crippen molar-refractivity contribution in [2.75, 3.05) is 6.61 Å². The van der Waals surface area contributed by atoms with Crippen LogP contribution in [0.25, 0.3) is 0 Å². The normalized spacial score (nSPS) is 13.7. The highest BCUT2D eigenvalue weighted by Gasteiger charge is 2.23. The highest BCUT2D eigenvalue weighted by molar-refractivity contribution is 5.80. The van der Waals surface area contributed by atoms with Crippen molar-refractivity contribution < 1.29 is 20.1 Å². The minimum Gasteiger partial charge on any atom is -0.394 e. The van der Waals surface area contributed by atoms with E-state index in [9.17, 15) is 20.1 Å². The van der Waals surface area contributed by atoms with Crippen molar-refractivity contribution >= 4 is 5.91 Å². The monoisotopic (exact) mass is 598 g/mol. The van der Waals surface area contributed by atoms with E-state index in [4.69, 9.17) is 0 Å². The van der Waals surface area contributed by atoms with E-state index >= 15 is 0 Å². The Hall–Kier alpha value is -0.650. The number of rotatable bonds is 34. The second-order valence-corrected chi connectivity index (χ2v) is 13.2. The van der Waals surface area contributed by atoms with Crippen LogP contribution in [0.4, 0.5) is 0 Å². The molecule has 5 nitrogen and oxygen atoms in total. The van der Waals surface area contributed by atoms with Crippen LogP contribution < -0.4 is 5.32 Å². The third kappa shape index (κ3) is 28.1. The van der Waals surface area contributed by atoms with E-state index in [-0.39, 0.29) is 6.61 Å². The van der Waals surface area contributed by atoms with Gasteiger partial charge in [0.1, 0.15) is 6.10 Å². The topological polar surface area (TPSA) is 89.8 Å². The summed E-state index contributed by atoms with van der Waals surface area (Å²) < 4.78 is 0. The van der Waals surface area contributed by atoms with Gasteiger partial charge in [0.05, 0.1) is 18.8 Å². The SMILES string of the molecule is CCCCCCCCCCCCCCCCCCC(O)C(=O)NC(CO)C(O)CCCCCCCCCCCCCC. The molecule has 0 rings (SSSR count). The molecule has 5 heteroatoms. The summed E-state index contributed by atoms with van der Waals surface area (Å²) in [6, 6.07) is -0.703. The summed E-state index contributed by atoms with van der Waals surface area (Å²) in [5.74, 6) is -0.469. The van der Waals surface area contributed by atoms with Gasteiger partial charge in [0, 0.05) is 0 Å². The van der Waals surface area contributed by atoms with Crippen LogP contribution >= 0.6 is 0 Å². The molecule has 0 fully saturated rings. The summed E-state index contributed by atoms with van der Waals surface area (Å²) in [5, 5.41) is 33.1. The van der Waals surface area contributed by atoms with Crippen LogP contribution in [0.3, 0.4) is 0 Å². The molecule has 0 aliphatic carbocycles. The summed E-state index contributed by atoms with van der Waals surface area (Å²) >= 11 is 0. The van der Waals surface area contributed by atoms with E-state index in [1.807, 2.05) is 0 Å². The second-order valence-electron chi connectivity index (χ2n) is 13.2. The molecule has 0 saturated carbocycles. The van der Waals surface area contributed by atoms with E-state index in [2.05, 4.69) is 19.2 Å². The first-order valence-electron chi connectivity index (χ1n) is 18.8. The summed E-state index contributed by atoms with van der Waals surface area (Å²) in [6.07, 6.45) is 35.1. The molecule has 0 saturated heterocycles. The molecule has 0 aliphatic heterocycles. The third-order valence-corrected chi connectivity index (χ3v) is 8.98. The van der Waals surface area contributed by atoms with Crippen molar-refractivity contribution in [1.82, 2.24) is 5.32 Å². The van der Waals surface area contributed by atoms with Crippen LogP contribution in [0.1, 0.15) is 206 Å². The molecule has 1 amide bonds. The number of hydrogen-bond acceptors (Lipinski definition) is 4. The number of amides is 1. The molecule has 0 heterocycles. The van der Waals surface area contributed by atoms with Gasteiger partial charge in [-0.05, 0) is 12.8 Å². The Morgan fingerprint density at radius 2 is 0.762 bits per heavy atom. The van der Waals surface area contributed by atoms with E-state index in [1.54, 1.807) is 0 Å². The number of nitrogens with one attached hydrogen (secondary N) is 1. The fraction of sp³-hybridized carbons (Fsp3) is 0.973. The molecule has 0 aromatic rings. The van der Waals surface area contributed by atoms with Crippen molar-refractivity contribution in [3.05, 3.63) is 0 Å². The first-order chi connectivity index (χ1) is 20.6. The van der Waals surface area contributed by atoms with Gasteiger partial charge in [0.15, 0.2) is 0 Å². The number of unbranched alkanes of at least 4 members (excludes halogenated alkanes) is 26. The predicted molar refractivity (Wildman–Crippen MR) is 181 cm³/mol. The lowest BCUT2D eigenvalue weighted by atomic mass is 10.0. The molecule has 252 valence electrons. The second kappa shape index (κ2) is 33.2.